The van der Waals surface area contributed by atoms with Crippen molar-refractivity contribution < 1.29 is 24.0 Å². The largest absolute Gasteiger partial charge is 0.481 e. The third-order valence-electron chi connectivity index (χ3n) is 5.53. The minimum atomic E-state index is -0.902. The van der Waals surface area contributed by atoms with Crippen LogP contribution in [0.4, 0.5) is 10.6 Å². The van der Waals surface area contributed by atoms with Gasteiger partial charge >= 0.3 is 12.1 Å². The van der Waals surface area contributed by atoms with Crippen LogP contribution in [0.1, 0.15) is 52.7 Å². The number of hydrogen-bond acceptors (Lipinski definition) is 6. The number of rotatable bonds is 4. The molecule has 1 N–H and O–H groups in total. The molecule has 1 aromatic rings. The first-order valence-electron chi connectivity index (χ1n) is 9.97. The topological polar surface area (TPSA) is 96.1 Å². The molecule has 0 spiro atoms. The number of nitrogens with zero attached hydrogens (tertiary/aromatic N) is 3. The first-order valence-corrected chi connectivity index (χ1v) is 9.97. The Balaban J connectivity index is 1.64. The van der Waals surface area contributed by atoms with Crippen molar-refractivity contribution in [3.8, 4) is 0 Å². The molecule has 3 heterocycles. The standard InChI is InChI=1S/C20H31N3O5/c1-12(2)17(18(24)25)15-8-16(21-28-15)23-9-13-6-7-22(10-14(13)11-23)19(26)27-20(3,4)5/h8,12-14,17H,6-7,9-11H2,1-5H3,(H,24,25)/t13-,14+,17?/m0/s1. The van der Waals surface area contributed by atoms with Crippen LogP contribution in [0.15, 0.2) is 10.6 Å². The van der Waals surface area contributed by atoms with E-state index in [9.17, 15) is 14.7 Å². The maximum atomic E-state index is 12.4. The molecule has 1 aromatic heterocycles. The number of likely N-dealkylation sites (tertiary alicyclic amines) is 1. The summed E-state index contributed by atoms with van der Waals surface area (Å²) in [4.78, 5) is 27.8. The van der Waals surface area contributed by atoms with Gasteiger partial charge in [0.2, 0.25) is 0 Å². The first-order chi connectivity index (χ1) is 13.0. The van der Waals surface area contributed by atoms with E-state index in [2.05, 4.69) is 10.1 Å². The fourth-order valence-corrected chi connectivity index (χ4v) is 4.16. The van der Waals surface area contributed by atoms with Gasteiger partial charge in [0.05, 0.1) is 0 Å². The van der Waals surface area contributed by atoms with E-state index in [1.54, 1.807) is 11.0 Å². The molecule has 1 unspecified atom stereocenters. The molecule has 2 fully saturated rings. The van der Waals surface area contributed by atoms with Crippen LogP contribution in [0.2, 0.25) is 0 Å². The number of carboxylic acids is 1. The van der Waals surface area contributed by atoms with E-state index in [0.717, 1.165) is 19.5 Å². The molecule has 156 valence electrons. The lowest BCUT2D eigenvalue weighted by atomic mass is 9.89. The van der Waals surface area contributed by atoms with Crippen molar-refractivity contribution in [3.63, 3.8) is 0 Å². The van der Waals surface area contributed by atoms with Gasteiger partial charge in [-0.05, 0) is 44.9 Å². The Morgan fingerprint density at radius 2 is 1.93 bits per heavy atom. The van der Waals surface area contributed by atoms with Crippen LogP contribution in [-0.2, 0) is 9.53 Å². The summed E-state index contributed by atoms with van der Waals surface area (Å²) in [6, 6.07) is 1.75. The summed E-state index contributed by atoms with van der Waals surface area (Å²) in [5.41, 5.74) is -0.496. The SMILES string of the molecule is CC(C)C(C(=O)O)c1cc(N2C[C@H]3CN(C(=O)OC(C)(C)C)CC[C@H]3C2)no1. The van der Waals surface area contributed by atoms with Crippen LogP contribution in [0.25, 0.3) is 0 Å². The van der Waals surface area contributed by atoms with Crippen LogP contribution in [0.5, 0.6) is 0 Å². The summed E-state index contributed by atoms with van der Waals surface area (Å²) in [6.45, 7) is 12.3. The molecule has 0 saturated carbocycles. The highest BCUT2D eigenvalue weighted by atomic mass is 16.6. The van der Waals surface area contributed by atoms with E-state index in [-0.39, 0.29) is 12.0 Å². The van der Waals surface area contributed by atoms with Crippen LogP contribution >= 0.6 is 0 Å². The highest BCUT2D eigenvalue weighted by Gasteiger charge is 2.40. The number of carboxylic acid groups (broad SMARTS) is 1. The quantitative estimate of drug-likeness (QED) is 0.839. The van der Waals surface area contributed by atoms with Crippen molar-refractivity contribution in [2.24, 2.45) is 17.8 Å². The average molecular weight is 393 g/mol. The van der Waals surface area contributed by atoms with E-state index in [0.29, 0.717) is 36.5 Å². The summed E-state index contributed by atoms with van der Waals surface area (Å²) in [7, 11) is 0. The number of carbonyl (C=O) groups is 2. The van der Waals surface area contributed by atoms with E-state index in [1.165, 1.54) is 0 Å². The van der Waals surface area contributed by atoms with Gasteiger partial charge in [-0.1, -0.05) is 19.0 Å². The number of aliphatic carboxylic acids is 1. The zero-order valence-corrected chi connectivity index (χ0v) is 17.3. The number of ether oxygens (including phenoxy) is 1. The highest BCUT2D eigenvalue weighted by Crippen LogP contribution is 2.35. The third-order valence-corrected chi connectivity index (χ3v) is 5.53. The fraction of sp³-hybridized carbons (Fsp3) is 0.750. The Bertz CT molecular complexity index is 724. The summed E-state index contributed by atoms with van der Waals surface area (Å²) >= 11 is 0. The summed E-state index contributed by atoms with van der Waals surface area (Å²) < 4.78 is 10.9. The van der Waals surface area contributed by atoms with Gasteiger partial charge in [0, 0.05) is 32.2 Å². The second-order valence-corrected chi connectivity index (χ2v) is 9.29. The number of anilines is 1. The molecular weight excluding hydrogens is 362 g/mol. The number of aromatic nitrogens is 1. The molecule has 0 bridgehead atoms. The van der Waals surface area contributed by atoms with Gasteiger partial charge in [0.1, 0.15) is 11.5 Å². The van der Waals surface area contributed by atoms with E-state index in [1.807, 2.05) is 34.6 Å². The van der Waals surface area contributed by atoms with Crippen molar-refractivity contribution in [2.45, 2.75) is 52.6 Å². The monoisotopic (exact) mass is 393 g/mol. The molecule has 0 radical (unpaired) electrons. The molecule has 2 saturated heterocycles. The highest BCUT2D eigenvalue weighted by molar-refractivity contribution is 5.75. The van der Waals surface area contributed by atoms with Crippen LogP contribution in [-0.4, -0.2) is 59.0 Å². The third kappa shape index (κ3) is 4.42. The van der Waals surface area contributed by atoms with Gasteiger partial charge in [0.25, 0.3) is 0 Å². The van der Waals surface area contributed by atoms with Gasteiger partial charge in [0.15, 0.2) is 11.6 Å². The molecule has 3 atom stereocenters. The predicted octanol–water partition coefficient (Wildman–Crippen LogP) is 3.19. The van der Waals surface area contributed by atoms with Gasteiger partial charge in [-0.3, -0.25) is 4.79 Å². The smallest absolute Gasteiger partial charge is 0.410 e. The Hall–Kier alpha value is -2.25. The van der Waals surface area contributed by atoms with Crippen molar-refractivity contribution in [2.75, 3.05) is 31.1 Å². The maximum Gasteiger partial charge on any atom is 0.410 e. The molecular formula is C20H31N3O5. The van der Waals surface area contributed by atoms with Crippen molar-refractivity contribution in [3.05, 3.63) is 11.8 Å². The number of amides is 1. The van der Waals surface area contributed by atoms with Gasteiger partial charge in [-0.15, -0.1) is 0 Å². The van der Waals surface area contributed by atoms with Crippen LogP contribution in [0.3, 0.4) is 0 Å². The van der Waals surface area contributed by atoms with Gasteiger partial charge in [-0.2, -0.15) is 0 Å². The van der Waals surface area contributed by atoms with Gasteiger partial charge in [-0.25, -0.2) is 4.79 Å². The second kappa shape index (κ2) is 7.64. The lowest BCUT2D eigenvalue weighted by Gasteiger charge is -2.35. The van der Waals surface area contributed by atoms with E-state index < -0.39 is 17.5 Å². The molecule has 2 aliphatic rings. The van der Waals surface area contributed by atoms with Crippen molar-refractivity contribution in [1.29, 1.82) is 0 Å². The Morgan fingerprint density at radius 3 is 2.54 bits per heavy atom. The molecule has 3 rings (SSSR count). The zero-order valence-electron chi connectivity index (χ0n) is 17.3. The van der Waals surface area contributed by atoms with E-state index >= 15 is 0 Å². The minimum Gasteiger partial charge on any atom is -0.481 e. The molecule has 1 amide bonds. The predicted molar refractivity (Wildman–Crippen MR) is 103 cm³/mol. The zero-order chi connectivity index (χ0) is 20.6. The number of fused-ring (bicyclic) bond motifs is 1. The Kier molecular flexibility index (Phi) is 5.59. The molecule has 8 nitrogen and oxygen atoms in total. The average Bonchev–Trinajstić information content (AvgIpc) is 3.18. The molecule has 8 heteroatoms. The minimum absolute atomic E-state index is 0.0816. The van der Waals surface area contributed by atoms with Gasteiger partial charge < -0.3 is 24.2 Å². The normalized spacial score (nSPS) is 23.6. The lowest BCUT2D eigenvalue weighted by Crippen LogP contribution is -2.45. The number of hydrogen-bond donors (Lipinski definition) is 1. The van der Waals surface area contributed by atoms with Crippen molar-refractivity contribution in [1.82, 2.24) is 10.1 Å². The molecule has 28 heavy (non-hydrogen) atoms. The van der Waals surface area contributed by atoms with Crippen molar-refractivity contribution >= 4 is 17.9 Å². The Labute approximate surface area is 165 Å². The molecule has 2 aliphatic heterocycles. The maximum absolute atomic E-state index is 12.4. The van der Waals surface area contributed by atoms with Crippen LogP contribution in [0, 0.1) is 17.8 Å². The second-order valence-electron chi connectivity index (χ2n) is 9.29. The molecule has 0 aromatic carbocycles. The fourth-order valence-electron chi connectivity index (χ4n) is 4.16. The Morgan fingerprint density at radius 1 is 1.25 bits per heavy atom. The molecule has 0 aliphatic carbocycles. The first kappa shape index (κ1) is 20.5. The van der Waals surface area contributed by atoms with Crippen LogP contribution < -0.4 is 4.90 Å². The lowest BCUT2D eigenvalue weighted by molar-refractivity contribution is -0.140. The number of carbonyl (C=O) groups excluding carboxylic acids is 1. The number of piperidine rings is 1. The summed E-state index contributed by atoms with van der Waals surface area (Å²) in [5, 5.41) is 13.6. The summed E-state index contributed by atoms with van der Waals surface area (Å²) in [5.74, 6) is 0.222. The van der Waals surface area contributed by atoms with E-state index in [4.69, 9.17) is 9.26 Å². The summed E-state index contributed by atoms with van der Waals surface area (Å²) in [6.07, 6.45) is 0.670.